The molecule has 0 saturated carbocycles. The first kappa shape index (κ1) is 6.34. The Morgan fingerprint density at radius 1 is 1.27 bits per heavy atom. The highest BCUT2D eigenvalue weighted by Crippen LogP contribution is 2.23. The number of ether oxygens (including phenoxy) is 1. The number of rotatable bonds is 0. The molecule has 1 heterocycles. The van der Waals surface area contributed by atoms with Crippen LogP contribution in [-0.4, -0.2) is 18.2 Å². The zero-order valence-electron chi connectivity index (χ0n) is 5.79. The molecule has 1 aliphatic heterocycles. The van der Waals surface area contributed by atoms with Crippen LogP contribution < -0.4 is 0 Å². The lowest BCUT2D eigenvalue weighted by Crippen LogP contribution is -2.05. The average Bonchev–Trinajstić information content (AvgIpc) is 2.30. The molecule has 1 aliphatic carbocycles. The van der Waals surface area contributed by atoms with Crippen molar-refractivity contribution in [2.24, 2.45) is 0 Å². The van der Waals surface area contributed by atoms with Crippen LogP contribution in [0.2, 0.25) is 0 Å². The van der Waals surface area contributed by atoms with Gasteiger partial charge in [-0.25, -0.2) is 0 Å². The summed E-state index contributed by atoms with van der Waals surface area (Å²) < 4.78 is 4.89. The Labute approximate surface area is 63.3 Å². The highest BCUT2D eigenvalue weighted by Gasteiger charge is 2.30. The Bertz CT molecular complexity index is 296. The van der Waals surface area contributed by atoms with Crippen LogP contribution in [-0.2, 0) is 14.3 Å². The maximum absolute atomic E-state index is 11.0. The molecule has 0 fully saturated rings. The Morgan fingerprint density at radius 3 is 2.82 bits per heavy atom. The van der Waals surface area contributed by atoms with Gasteiger partial charge in [-0.2, -0.15) is 0 Å². The van der Waals surface area contributed by atoms with Crippen molar-refractivity contribution >= 4 is 11.6 Å². The lowest BCUT2D eigenvalue weighted by molar-refractivity contribution is -0.121. The van der Waals surface area contributed by atoms with Gasteiger partial charge in [0.15, 0.2) is 11.6 Å². The van der Waals surface area contributed by atoms with Gasteiger partial charge in [-0.3, -0.25) is 9.59 Å². The molecule has 0 aromatic rings. The van der Waals surface area contributed by atoms with E-state index in [0.29, 0.717) is 11.1 Å². The van der Waals surface area contributed by atoms with E-state index in [2.05, 4.69) is 0 Å². The number of Topliss-reactive ketones (excluding diaryl/α,β-unsaturated/α-hetero) is 2. The Balaban J connectivity index is 2.49. The van der Waals surface area contributed by atoms with Gasteiger partial charge in [0.1, 0.15) is 6.61 Å². The van der Waals surface area contributed by atoms with Gasteiger partial charge in [0.05, 0.1) is 12.7 Å². The van der Waals surface area contributed by atoms with E-state index in [1.165, 1.54) is 6.26 Å². The van der Waals surface area contributed by atoms with Crippen LogP contribution in [0.3, 0.4) is 0 Å². The van der Waals surface area contributed by atoms with Crippen molar-refractivity contribution in [1.29, 1.82) is 0 Å². The monoisotopic (exact) mass is 150 g/mol. The molecule has 3 nitrogen and oxygen atoms in total. The molecule has 3 heteroatoms. The number of carbonyl (C=O) groups is 2. The van der Waals surface area contributed by atoms with Crippen molar-refractivity contribution in [1.82, 2.24) is 0 Å². The van der Waals surface area contributed by atoms with Crippen molar-refractivity contribution in [3.63, 3.8) is 0 Å². The summed E-state index contributed by atoms with van der Waals surface area (Å²) in [6, 6.07) is 0. The molecule has 0 bridgehead atoms. The summed E-state index contributed by atoms with van der Waals surface area (Å²) in [6.45, 7) is 0.260. The van der Waals surface area contributed by atoms with Crippen LogP contribution in [0, 0.1) is 0 Å². The Kier molecular flexibility index (Phi) is 1.18. The van der Waals surface area contributed by atoms with Crippen molar-refractivity contribution in [2.75, 3.05) is 6.61 Å². The average molecular weight is 150 g/mol. The zero-order valence-corrected chi connectivity index (χ0v) is 5.79. The van der Waals surface area contributed by atoms with E-state index in [9.17, 15) is 9.59 Å². The molecule has 0 unspecified atom stereocenters. The summed E-state index contributed by atoms with van der Waals surface area (Å²) in [5.74, 6) is -0.168. The van der Waals surface area contributed by atoms with Gasteiger partial charge in [-0.1, -0.05) is 0 Å². The molecule has 2 rings (SSSR count). The molecule has 0 aromatic carbocycles. The molecule has 0 spiro atoms. The summed E-state index contributed by atoms with van der Waals surface area (Å²) >= 11 is 0. The predicted molar refractivity (Wildman–Crippen MR) is 36.7 cm³/mol. The second-order valence-electron chi connectivity index (χ2n) is 2.53. The first-order valence-electron chi connectivity index (χ1n) is 3.37. The number of hydrogen-bond donors (Lipinski definition) is 0. The third-order valence-electron chi connectivity index (χ3n) is 1.84. The lowest BCUT2D eigenvalue weighted by Gasteiger charge is -2.06. The number of carbonyl (C=O) groups excluding carboxylic acids is 2. The summed E-state index contributed by atoms with van der Waals surface area (Å²) in [7, 11) is 0. The molecule has 56 valence electrons. The second-order valence-corrected chi connectivity index (χ2v) is 2.53. The molecular weight excluding hydrogens is 144 g/mol. The van der Waals surface area contributed by atoms with Crippen LogP contribution in [0.25, 0.3) is 0 Å². The minimum atomic E-state index is -0.0886. The second kappa shape index (κ2) is 2.05. The third-order valence-corrected chi connectivity index (χ3v) is 1.84. The highest BCUT2D eigenvalue weighted by molar-refractivity contribution is 6.23. The summed E-state index contributed by atoms with van der Waals surface area (Å²) in [5, 5.41) is 0. The first-order chi connectivity index (χ1) is 5.29. The van der Waals surface area contributed by atoms with Gasteiger partial charge in [0.25, 0.3) is 0 Å². The molecule has 0 atom stereocenters. The van der Waals surface area contributed by atoms with Crippen molar-refractivity contribution in [3.8, 4) is 0 Å². The predicted octanol–water partition coefficient (Wildman–Crippen LogP) is 0.369. The summed E-state index contributed by atoms with van der Waals surface area (Å²) in [4.78, 5) is 22.1. The Morgan fingerprint density at radius 2 is 2.09 bits per heavy atom. The highest BCUT2D eigenvalue weighted by atomic mass is 16.5. The van der Waals surface area contributed by atoms with Crippen LogP contribution in [0.5, 0.6) is 0 Å². The molecule has 0 saturated heterocycles. The lowest BCUT2D eigenvalue weighted by atomic mass is 10.1. The number of hydrogen-bond acceptors (Lipinski definition) is 3. The zero-order chi connectivity index (χ0) is 7.84. The molecular formula is C8H6O3. The quantitative estimate of drug-likeness (QED) is 0.468. The van der Waals surface area contributed by atoms with Gasteiger partial charge in [0.2, 0.25) is 0 Å². The maximum Gasteiger partial charge on any atom is 0.171 e. The fraction of sp³-hybridized carbons (Fsp3) is 0.250. The first-order valence-corrected chi connectivity index (χ1v) is 3.37. The largest absolute Gasteiger partial charge is 0.496 e. The number of allylic oxidation sites excluding steroid dienone is 2. The SMILES string of the molecule is O=C1CC(=O)C2=C1C=COC2. The molecule has 0 aromatic heterocycles. The van der Waals surface area contributed by atoms with E-state index in [4.69, 9.17) is 4.74 Å². The molecule has 0 amide bonds. The van der Waals surface area contributed by atoms with E-state index in [-0.39, 0.29) is 24.6 Å². The minimum absolute atomic E-state index is 0.0262. The smallest absolute Gasteiger partial charge is 0.171 e. The standard InChI is InChI=1S/C8H6O3/c9-7-3-8(10)6-4-11-2-1-5(6)7/h1-2H,3-4H2. The van der Waals surface area contributed by atoms with E-state index in [1.807, 2.05) is 0 Å². The van der Waals surface area contributed by atoms with Crippen molar-refractivity contribution in [3.05, 3.63) is 23.5 Å². The molecule has 0 radical (unpaired) electrons. The topological polar surface area (TPSA) is 43.4 Å². The van der Waals surface area contributed by atoms with Crippen LogP contribution in [0.15, 0.2) is 23.5 Å². The van der Waals surface area contributed by atoms with Gasteiger partial charge >= 0.3 is 0 Å². The third kappa shape index (κ3) is 0.808. The van der Waals surface area contributed by atoms with E-state index in [0.717, 1.165) is 0 Å². The maximum atomic E-state index is 11.0. The minimum Gasteiger partial charge on any atom is -0.496 e. The van der Waals surface area contributed by atoms with Gasteiger partial charge in [0, 0.05) is 11.1 Å². The molecule has 0 N–H and O–H groups in total. The Hall–Kier alpha value is -1.38. The van der Waals surface area contributed by atoms with Gasteiger partial charge < -0.3 is 4.74 Å². The van der Waals surface area contributed by atoms with Crippen LogP contribution in [0.4, 0.5) is 0 Å². The number of ketones is 2. The summed E-state index contributed by atoms with van der Waals surface area (Å²) in [6.07, 6.45) is 3.04. The van der Waals surface area contributed by atoms with E-state index in [1.54, 1.807) is 6.08 Å². The van der Waals surface area contributed by atoms with Gasteiger partial charge in [-0.15, -0.1) is 0 Å². The van der Waals surface area contributed by atoms with Crippen LogP contribution in [0.1, 0.15) is 6.42 Å². The van der Waals surface area contributed by atoms with Gasteiger partial charge in [-0.05, 0) is 6.08 Å². The van der Waals surface area contributed by atoms with Crippen LogP contribution >= 0.6 is 0 Å². The summed E-state index contributed by atoms with van der Waals surface area (Å²) in [5.41, 5.74) is 1.08. The fourth-order valence-electron chi connectivity index (χ4n) is 1.27. The molecule has 2 aliphatic rings. The normalized spacial score (nSPS) is 22.2. The fourth-order valence-corrected chi connectivity index (χ4v) is 1.27. The van der Waals surface area contributed by atoms with E-state index >= 15 is 0 Å². The van der Waals surface area contributed by atoms with Crippen molar-refractivity contribution < 1.29 is 14.3 Å². The molecule has 11 heavy (non-hydrogen) atoms. The van der Waals surface area contributed by atoms with E-state index < -0.39 is 0 Å². The van der Waals surface area contributed by atoms with Crippen molar-refractivity contribution in [2.45, 2.75) is 6.42 Å².